The average molecular weight is 450 g/mol. The highest BCUT2D eigenvalue weighted by Gasteiger charge is 2.10. The lowest BCUT2D eigenvalue weighted by molar-refractivity contribution is 0.284. The third-order valence-corrected chi connectivity index (χ3v) is 5.31. The molecule has 0 unspecified atom stereocenters. The molecule has 0 heterocycles. The van der Waals surface area contributed by atoms with Gasteiger partial charge in [0.15, 0.2) is 11.5 Å². The topological polar surface area (TPSA) is 42.8 Å². The van der Waals surface area contributed by atoms with E-state index >= 15 is 0 Å². The van der Waals surface area contributed by atoms with Gasteiger partial charge >= 0.3 is 0 Å². The first-order valence-corrected chi connectivity index (χ1v) is 9.90. The molecule has 0 atom stereocenters. The van der Waals surface area contributed by atoms with Crippen LogP contribution in [0.4, 0.5) is 5.69 Å². The van der Waals surface area contributed by atoms with Gasteiger partial charge in [-0.25, -0.2) is 0 Å². The zero-order chi connectivity index (χ0) is 20.8. The van der Waals surface area contributed by atoms with Crippen molar-refractivity contribution in [2.24, 2.45) is 5.10 Å². The van der Waals surface area contributed by atoms with Crippen molar-refractivity contribution in [1.82, 2.24) is 0 Å². The summed E-state index contributed by atoms with van der Waals surface area (Å²) in [5, 5.41) is 5.95. The molecule has 3 rings (SSSR count). The van der Waals surface area contributed by atoms with Gasteiger partial charge in [-0.1, -0.05) is 53.0 Å². The number of halogens is 3. The van der Waals surface area contributed by atoms with Gasteiger partial charge in [0.05, 0.1) is 29.1 Å². The molecule has 0 radical (unpaired) electrons. The number of hydrogen-bond donors (Lipinski definition) is 1. The average Bonchev–Trinajstić information content (AvgIpc) is 2.72. The van der Waals surface area contributed by atoms with Crippen molar-refractivity contribution < 1.29 is 9.47 Å². The molecule has 0 fully saturated rings. The molecule has 0 aliphatic rings. The van der Waals surface area contributed by atoms with Crippen LogP contribution in [-0.4, -0.2) is 13.3 Å². The summed E-state index contributed by atoms with van der Waals surface area (Å²) < 4.78 is 11.4. The fourth-order valence-corrected chi connectivity index (χ4v) is 3.07. The summed E-state index contributed by atoms with van der Waals surface area (Å²) >= 11 is 18.2. The van der Waals surface area contributed by atoms with E-state index in [2.05, 4.69) is 10.5 Å². The Kier molecular flexibility index (Phi) is 7.26. The number of benzene rings is 3. The maximum Gasteiger partial charge on any atom is 0.170 e. The van der Waals surface area contributed by atoms with Crippen molar-refractivity contribution in [3.63, 3.8) is 0 Å². The highest BCUT2D eigenvalue weighted by atomic mass is 35.5. The minimum absolute atomic E-state index is 0.305. The van der Waals surface area contributed by atoms with E-state index in [9.17, 15) is 0 Å². The minimum atomic E-state index is 0.305. The van der Waals surface area contributed by atoms with Crippen LogP contribution in [0.1, 0.15) is 16.7 Å². The molecular weight excluding hydrogens is 431 g/mol. The molecule has 4 nitrogen and oxygen atoms in total. The predicted octanol–water partition coefficient (Wildman–Crippen LogP) is 6.99. The molecule has 0 saturated carbocycles. The standard InChI is InChI=1S/C22H19Cl3N2O2/c1-14-6-8-17(11-19(14)24)27-26-12-16-4-3-5-21(28-2)22(16)29-13-15-7-9-18(23)20(25)10-15/h3-12,27H,13H2,1-2H3. The first kappa shape index (κ1) is 21.3. The number of hydrogen-bond acceptors (Lipinski definition) is 4. The van der Waals surface area contributed by atoms with Crippen LogP contribution < -0.4 is 14.9 Å². The summed E-state index contributed by atoms with van der Waals surface area (Å²) in [7, 11) is 1.59. The van der Waals surface area contributed by atoms with Crippen LogP contribution >= 0.6 is 34.8 Å². The van der Waals surface area contributed by atoms with E-state index in [-0.39, 0.29) is 0 Å². The summed E-state index contributed by atoms with van der Waals surface area (Å²) in [5.74, 6) is 1.18. The zero-order valence-corrected chi connectivity index (χ0v) is 18.1. The first-order valence-electron chi connectivity index (χ1n) is 8.77. The van der Waals surface area contributed by atoms with Gasteiger partial charge in [0.25, 0.3) is 0 Å². The Bertz CT molecular complexity index is 1040. The minimum Gasteiger partial charge on any atom is -0.493 e. The fraction of sp³-hybridized carbons (Fsp3) is 0.136. The number of anilines is 1. The molecule has 29 heavy (non-hydrogen) atoms. The highest BCUT2D eigenvalue weighted by molar-refractivity contribution is 6.42. The van der Waals surface area contributed by atoms with E-state index in [1.807, 2.05) is 49.4 Å². The van der Waals surface area contributed by atoms with Gasteiger partial charge in [0, 0.05) is 10.6 Å². The van der Waals surface area contributed by atoms with Crippen LogP contribution in [-0.2, 0) is 6.61 Å². The molecule has 0 spiro atoms. The Balaban J connectivity index is 1.77. The Hall–Kier alpha value is -2.40. The number of aryl methyl sites for hydroxylation is 1. The number of methoxy groups -OCH3 is 1. The third kappa shape index (κ3) is 5.57. The Morgan fingerprint density at radius 2 is 1.79 bits per heavy atom. The lowest BCUT2D eigenvalue weighted by atomic mass is 10.2. The molecule has 150 valence electrons. The lowest BCUT2D eigenvalue weighted by Crippen LogP contribution is -2.01. The molecule has 0 amide bonds. The van der Waals surface area contributed by atoms with Gasteiger partial charge in [-0.05, 0) is 54.4 Å². The summed E-state index contributed by atoms with van der Waals surface area (Å²) in [6.07, 6.45) is 1.67. The molecular formula is C22H19Cl3N2O2. The van der Waals surface area contributed by atoms with Gasteiger partial charge in [-0.2, -0.15) is 5.10 Å². The van der Waals surface area contributed by atoms with E-state index < -0.39 is 0 Å². The molecule has 1 N–H and O–H groups in total. The SMILES string of the molecule is COc1cccc(C=NNc2ccc(C)c(Cl)c2)c1OCc1ccc(Cl)c(Cl)c1. The van der Waals surface area contributed by atoms with E-state index in [0.29, 0.717) is 33.2 Å². The van der Waals surface area contributed by atoms with Gasteiger partial charge in [-0.15, -0.1) is 0 Å². The van der Waals surface area contributed by atoms with E-state index in [4.69, 9.17) is 44.3 Å². The van der Waals surface area contributed by atoms with Gasteiger partial charge in [0.2, 0.25) is 0 Å². The second kappa shape index (κ2) is 9.88. The second-order valence-electron chi connectivity index (χ2n) is 6.25. The predicted molar refractivity (Wildman–Crippen MR) is 121 cm³/mol. The van der Waals surface area contributed by atoms with Crippen molar-refractivity contribution in [2.45, 2.75) is 13.5 Å². The van der Waals surface area contributed by atoms with E-state index in [1.54, 1.807) is 25.5 Å². The van der Waals surface area contributed by atoms with Crippen LogP contribution in [0, 0.1) is 6.92 Å². The molecule has 0 saturated heterocycles. The van der Waals surface area contributed by atoms with E-state index in [1.165, 1.54) is 0 Å². The number of para-hydroxylation sites is 1. The molecule has 3 aromatic rings. The van der Waals surface area contributed by atoms with Gasteiger partial charge < -0.3 is 9.47 Å². The van der Waals surface area contributed by atoms with Crippen LogP contribution in [0.15, 0.2) is 59.7 Å². The van der Waals surface area contributed by atoms with Crippen LogP contribution in [0.5, 0.6) is 11.5 Å². The van der Waals surface area contributed by atoms with Crippen molar-refractivity contribution in [2.75, 3.05) is 12.5 Å². The molecule has 0 aliphatic heterocycles. The van der Waals surface area contributed by atoms with Gasteiger partial charge in [0.1, 0.15) is 6.61 Å². The zero-order valence-electron chi connectivity index (χ0n) is 15.9. The van der Waals surface area contributed by atoms with Crippen molar-refractivity contribution in [3.05, 3.63) is 86.4 Å². The quantitative estimate of drug-likeness (QED) is 0.312. The van der Waals surface area contributed by atoms with Gasteiger partial charge in [-0.3, -0.25) is 5.43 Å². The van der Waals surface area contributed by atoms with Crippen LogP contribution in [0.3, 0.4) is 0 Å². The first-order chi connectivity index (χ1) is 14.0. The monoisotopic (exact) mass is 448 g/mol. The number of ether oxygens (including phenoxy) is 2. The maximum absolute atomic E-state index is 6.15. The third-order valence-electron chi connectivity index (χ3n) is 4.17. The molecule has 7 heteroatoms. The van der Waals surface area contributed by atoms with E-state index in [0.717, 1.165) is 22.4 Å². The molecule has 0 bridgehead atoms. The smallest absolute Gasteiger partial charge is 0.170 e. The Labute approximate surface area is 185 Å². The Morgan fingerprint density at radius 3 is 2.52 bits per heavy atom. The van der Waals surface area contributed by atoms with Crippen molar-refractivity contribution >= 4 is 46.7 Å². The maximum atomic E-state index is 6.15. The largest absolute Gasteiger partial charge is 0.493 e. The lowest BCUT2D eigenvalue weighted by Gasteiger charge is -2.13. The number of rotatable bonds is 7. The number of hydrazone groups is 1. The Morgan fingerprint density at radius 1 is 0.966 bits per heavy atom. The number of nitrogens with zero attached hydrogens (tertiary/aromatic N) is 1. The normalized spacial score (nSPS) is 10.9. The number of nitrogens with one attached hydrogen (secondary N) is 1. The summed E-state index contributed by atoms with van der Waals surface area (Å²) in [4.78, 5) is 0. The van der Waals surface area contributed by atoms with Crippen molar-refractivity contribution in [3.8, 4) is 11.5 Å². The second-order valence-corrected chi connectivity index (χ2v) is 7.47. The molecule has 3 aromatic carbocycles. The summed E-state index contributed by atoms with van der Waals surface area (Å²) in [6, 6.07) is 16.6. The molecule has 0 aliphatic carbocycles. The van der Waals surface area contributed by atoms with Crippen molar-refractivity contribution in [1.29, 1.82) is 0 Å². The van der Waals surface area contributed by atoms with Crippen LogP contribution in [0.25, 0.3) is 0 Å². The highest BCUT2D eigenvalue weighted by Crippen LogP contribution is 2.31. The van der Waals surface area contributed by atoms with Crippen LogP contribution in [0.2, 0.25) is 15.1 Å². The summed E-state index contributed by atoms with van der Waals surface area (Å²) in [6.45, 7) is 2.25. The summed E-state index contributed by atoms with van der Waals surface area (Å²) in [5.41, 5.74) is 6.42. The molecule has 0 aromatic heterocycles. The fourth-order valence-electron chi connectivity index (χ4n) is 2.57.